The number of rotatable bonds is 4. The van der Waals surface area contributed by atoms with Crippen molar-refractivity contribution >= 4 is 5.91 Å². The van der Waals surface area contributed by atoms with Crippen molar-refractivity contribution in [3.05, 3.63) is 54.5 Å². The Labute approximate surface area is 157 Å². The predicted molar refractivity (Wildman–Crippen MR) is 90.1 cm³/mol. The van der Waals surface area contributed by atoms with Crippen LogP contribution in [-0.4, -0.2) is 38.8 Å². The highest BCUT2D eigenvalue weighted by molar-refractivity contribution is 5.90. The molecule has 6 nitrogen and oxygen atoms in total. The normalized spacial score (nSPS) is 15.4. The van der Waals surface area contributed by atoms with Crippen molar-refractivity contribution < 1.29 is 27.1 Å². The summed E-state index contributed by atoms with van der Waals surface area (Å²) in [5, 5.41) is 0. The van der Waals surface area contributed by atoms with E-state index < -0.39 is 23.7 Å². The number of hydrogen-bond donors (Lipinski definition) is 0. The number of amides is 1. The molecule has 3 heterocycles. The topological polar surface area (TPSA) is 68.2 Å². The maximum atomic E-state index is 13.0. The van der Waals surface area contributed by atoms with Crippen LogP contribution in [0.15, 0.2) is 43.1 Å². The van der Waals surface area contributed by atoms with Crippen LogP contribution in [0.4, 0.5) is 17.6 Å². The highest BCUT2D eigenvalue weighted by Crippen LogP contribution is 2.35. The van der Waals surface area contributed by atoms with Crippen molar-refractivity contribution in [1.82, 2.24) is 19.9 Å². The van der Waals surface area contributed by atoms with E-state index in [1.165, 1.54) is 11.1 Å². The maximum absolute atomic E-state index is 13.0. The van der Waals surface area contributed by atoms with E-state index in [4.69, 9.17) is 4.74 Å². The fourth-order valence-corrected chi connectivity index (χ4v) is 2.99. The third-order valence-electron chi connectivity index (χ3n) is 4.35. The van der Waals surface area contributed by atoms with E-state index >= 15 is 0 Å². The molecule has 2 aromatic heterocycles. The molecule has 1 aliphatic heterocycles. The number of nitrogens with zero attached hydrogens (tertiary/aromatic N) is 4. The number of alkyl halides is 3. The van der Waals surface area contributed by atoms with Crippen LogP contribution in [0.2, 0.25) is 0 Å². The van der Waals surface area contributed by atoms with E-state index in [0.717, 1.165) is 18.0 Å². The molecular formula is C18H16F4N4O2. The number of hydrogen-bond acceptors (Lipinski definition) is 5. The van der Waals surface area contributed by atoms with Gasteiger partial charge in [0.15, 0.2) is 11.6 Å². The van der Waals surface area contributed by atoms with Crippen molar-refractivity contribution in [1.29, 1.82) is 0 Å². The standard InChI is InChI=1S/C18H16F4N4O2/c1-11(19)16(27)26-7-4-12(5-8-26)14-3-2-6-23-15(14)28-13-9-24-17(25-10-13)18(20,21)22/h2-3,6,9-10,12H,1,4-5,7-8H2. The van der Waals surface area contributed by atoms with Crippen LogP contribution in [0.5, 0.6) is 11.6 Å². The first kappa shape index (κ1) is 19.7. The summed E-state index contributed by atoms with van der Waals surface area (Å²) >= 11 is 0. The molecule has 0 bridgehead atoms. The second-order valence-corrected chi connectivity index (χ2v) is 6.21. The average molecular weight is 396 g/mol. The number of ether oxygens (including phenoxy) is 1. The fraction of sp³-hybridized carbons (Fsp3) is 0.333. The van der Waals surface area contributed by atoms with Gasteiger partial charge >= 0.3 is 6.18 Å². The van der Waals surface area contributed by atoms with E-state index in [1.807, 2.05) is 0 Å². The Kier molecular flexibility index (Phi) is 5.57. The van der Waals surface area contributed by atoms with Gasteiger partial charge in [0.1, 0.15) is 0 Å². The van der Waals surface area contributed by atoms with Crippen LogP contribution < -0.4 is 4.74 Å². The highest BCUT2D eigenvalue weighted by atomic mass is 19.4. The summed E-state index contributed by atoms with van der Waals surface area (Å²) in [7, 11) is 0. The van der Waals surface area contributed by atoms with Crippen LogP contribution >= 0.6 is 0 Å². The molecule has 1 amide bonds. The molecule has 1 fully saturated rings. The second-order valence-electron chi connectivity index (χ2n) is 6.21. The van der Waals surface area contributed by atoms with Gasteiger partial charge in [-0.3, -0.25) is 4.79 Å². The molecule has 0 spiro atoms. The molecule has 0 radical (unpaired) electrons. The molecule has 0 saturated carbocycles. The molecule has 1 aliphatic rings. The van der Waals surface area contributed by atoms with E-state index in [0.29, 0.717) is 25.9 Å². The molecule has 1 saturated heterocycles. The predicted octanol–water partition coefficient (Wildman–Crippen LogP) is 3.87. The first-order chi connectivity index (χ1) is 13.3. The fourth-order valence-electron chi connectivity index (χ4n) is 2.99. The summed E-state index contributed by atoms with van der Waals surface area (Å²) in [5.41, 5.74) is 0.744. The van der Waals surface area contributed by atoms with E-state index in [2.05, 4.69) is 21.5 Å². The van der Waals surface area contributed by atoms with Crippen LogP contribution in [-0.2, 0) is 11.0 Å². The van der Waals surface area contributed by atoms with Crippen LogP contribution in [0.1, 0.15) is 30.1 Å². The quantitative estimate of drug-likeness (QED) is 0.580. The number of pyridine rings is 1. The SMILES string of the molecule is C=C(F)C(=O)N1CCC(c2cccnc2Oc2cnc(C(F)(F)F)nc2)CC1. The number of carbonyl (C=O) groups excluding carboxylic acids is 1. The first-order valence-electron chi connectivity index (χ1n) is 8.41. The monoisotopic (exact) mass is 396 g/mol. The zero-order valence-corrected chi connectivity index (χ0v) is 14.6. The summed E-state index contributed by atoms with van der Waals surface area (Å²) in [6, 6.07) is 3.51. The molecule has 28 heavy (non-hydrogen) atoms. The van der Waals surface area contributed by atoms with Crippen molar-refractivity contribution in [3.8, 4) is 11.6 Å². The van der Waals surface area contributed by atoms with Crippen LogP contribution in [0.25, 0.3) is 0 Å². The minimum absolute atomic E-state index is 0.00371. The Balaban J connectivity index is 1.72. The van der Waals surface area contributed by atoms with Gasteiger partial charge in [0.25, 0.3) is 5.91 Å². The van der Waals surface area contributed by atoms with E-state index in [9.17, 15) is 22.4 Å². The summed E-state index contributed by atoms with van der Waals surface area (Å²) in [5.74, 6) is -2.72. The highest BCUT2D eigenvalue weighted by Gasteiger charge is 2.34. The van der Waals surface area contributed by atoms with E-state index in [-0.39, 0.29) is 17.5 Å². The van der Waals surface area contributed by atoms with Gasteiger partial charge in [-0.2, -0.15) is 13.2 Å². The third-order valence-corrected chi connectivity index (χ3v) is 4.35. The van der Waals surface area contributed by atoms with Gasteiger partial charge in [0, 0.05) is 24.8 Å². The lowest BCUT2D eigenvalue weighted by atomic mass is 9.90. The summed E-state index contributed by atoms with van der Waals surface area (Å²) in [6.07, 6.45) is -0.152. The lowest BCUT2D eigenvalue weighted by Crippen LogP contribution is -2.38. The second kappa shape index (κ2) is 7.91. The molecule has 0 aromatic carbocycles. The summed E-state index contributed by atoms with van der Waals surface area (Å²) < 4.78 is 56.3. The van der Waals surface area contributed by atoms with Crippen molar-refractivity contribution in [2.24, 2.45) is 0 Å². The molecule has 3 rings (SSSR count). The Hall–Kier alpha value is -3.04. The lowest BCUT2D eigenvalue weighted by molar-refractivity contribution is -0.145. The Morgan fingerprint density at radius 1 is 1.18 bits per heavy atom. The number of aromatic nitrogens is 3. The van der Waals surface area contributed by atoms with Crippen molar-refractivity contribution in [3.63, 3.8) is 0 Å². The Bertz CT molecular complexity index is 863. The molecule has 2 aromatic rings. The zero-order valence-electron chi connectivity index (χ0n) is 14.6. The van der Waals surface area contributed by atoms with Gasteiger partial charge in [-0.1, -0.05) is 12.6 Å². The first-order valence-corrected chi connectivity index (χ1v) is 8.41. The third kappa shape index (κ3) is 4.44. The molecule has 0 unspecified atom stereocenters. The van der Waals surface area contributed by atoms with Gasteiger partial charge in [0.2, 0.25) is 11.7 Å². The number of likely N-dealkylation sites (tertiary alicyclic amines) is 1. The largest absolute Gasteiger partial charge is 0.451 e. The van der Waals surface area contributed by atoms with Crippen LogP contribution in [0.3, 0.4) is 0 Å². The number of halogens is 4. The average Bonchev–Trinajstić information content (AvgIpc) is 2.68. The summed E-state index contributed by atoms with van der Waals surface area (Å²) in [6.45, 7) is 3.72. The van der Waals surface area contributed by atoms with Crippen LogP contribution in [0, 0.1) is 0 Å². The van der Waals surface area contributed by atoms with Crippen molar-refractivity contribution in [2.75, 3.05) is 13.1 Å². The van der Waals surface area contributed by atoms with E-state index in [1.54, 1.807) is 12.1 Å². The Morgan fingerprint density at radius 3 is 2.39 bits per heavy atom. The number of carbonyl (C=O) groups is 1. The van der Waals surface area contributed by atoms with Gasteiger partial charge in [-0.15, -0.1) is 0 Å². The molecule has 0 atom stereocenters. The minimum atomic E-state index is -4.63. The lowest BCUT2D eigenvalue weighted by Gasteiger charge is -2.32. The summed E-state index contributed by atoms with van der Waals surface area (Å²) in [4.78, 5) is 23.7. The molecule has 0 N–H and O–H groups in total. The van der Waals surface area contributed by atoms with Gasteiger partial charge < -0.3 is 9.64 Å². The molecular weight excluding hydrogens is 380 g/mol. The van der Waals surface area contributed by atoms with Gasteiger partial charge in [-0.25, -0.2) is 19.3 Å². The van der Waals surface area contributed by atoms with Crippen molar-refractivity contribution in [2.45, 2.75) is 24.9 Å². The maximum Gasteiger partial charge on any atom is 0.451 e. The minimum Gasteiger partial charge on any atom is -0.435 e. The molecule has 148 valence electrons. The molecule has 0 aliphatic carbocycles. The zero-order chi connectivity index (χ0) is 20.3. The van der Waals surface area contributed by atoms with Gasteiger partial charge in [0.05, 0.1) is 12.4 Å². The molecule has 10 heteroatoms. The van der Waals surface area contributed by atoms with Gasteiger partial charge in [-0.05, 0) is 24.8 Å². The Morgan fingerprint density at radius 2 is 1.82 bits per heavy atom. The smallest absolute Gasteiger partial charge is 0.435 e. The number of piperidine rings is 1.